The number of hydrogen-bond donors (Lipinski definition) is 2. The molecule has 0 aliphatic heterocycles. The monoisotopic (exact) mass is 171 g/mol. The molecule has 0 aliphatic rings. The van der Waals surface area contributed by atoms with Gasteiger partial charge in [0.05, 0.1) is 0 Å². The van der Waals surface area contributed by atoms with Crippen molar-refractivity contribution in [1.29, 1.82) is 0 Å². The van der Waals surface area contributed by atoms with Gasteiger partial charge in [-0.3, -0.25) is 0 Å². The number of rotatable bonds is 6. The Bertz CT molecular complexity index is 164. The van der Waals surface area contributed by atoms with Crippen LogP contribution in [-0.2, 0) is 4.79 Å². The van der Waals surface area contributed by atoms with Crippen molar-refractivity contribution in [3.63, 3.8) is 0 Å². The largest absolute Gasteiger partial charge is 0.477 e. The molecule has 0 saturated carbocycles. The number of aliphatic carboxylic acids is 1. The molecule has 0 bridgehead atoms. The molecule has 0 heterocycles. The molecule has 0 atom stereocenters. The van der Waals surface area contributed by atoms with E-state index in [9.17, 15) is 4.79 Å². The molecule has 3 nitrogen and oxygen atoms in total. The first kappa shape index (κ1) is 11.0. The summed E-state index contributed by atoms with van der Waals surface area (Å²) < 4.78 is 0. The zero-order chi connectivity index (χ0) is 9.40. The van der Waals surface area contributed by atoms with E-state index in [0.29, 0.717) is 5.70 Å². The van der Waals surface area contributed by atoms with E-state index in [0.717, 1.165) is 25.8 Å². The summed E-state index contributed by atoms with van der Waals surface area (Å²) in [6.45, 7) is 4.59. The molecule has 0 rings (SSSR count). The number of hydrogen-bond acceptors (Lipinski definition) is 2. The van der Waals surface area contributed by atoms with Crippen LogP contribution in [0.3, 0.4) is 0 Å². The Morgan fingerprint density at radius 1 is 1.50 bits per heavy atom. The first-order valence-electron chi connectivity index (χ1n) is 4.35. The summed E-state index contributed by atoms with van der Waals surface area (Å²) >= 11 is 0. The standard InChI is InChI=1S/C9H17NO2/c1-3-5-6-7-10-8(4-2)9(11)12/h4,10H,3,5-7H2,1-2H3,(H,11,12)/b8-4-. The van der Waals surface area contributed by atoms with E-state index in [1.807, 2.05) is 0 Å². The molecule has 0 radical (unpaired) electrons. The average molecular weight is 171 g/mol. The van der Waals surface area contributed by atoms with Crippen LogP contribution in [0.2, 0.25) is 0 Å². The highest BCUT2D eigenvalue weighted by Crippen LogP contribution is 1.94. The molecule has 0 aromatic heterocycles. The minimum atomic E-state index is -0.881. The molecule has 0 unspecified atom stereocenters. The van der Waals surface area contributed by atoms with Gasteiger partial charge in [0.1, 0.15) is 5.70 Å². The summed E-state index contributed by atoms with van der Waals surface area (Å²) in [5.41, 5.74) is 0.297. The van der Waals surface area contributed by atoms with Crippen molar-refractivity contribution in [3.05, 3.63) is 11.8 Å². The lowest BCUT2D eigenvalue weighted by atomic mass is 10.2. The average Bonchev–Trinajstić information content (AvgIpc) is 2.04. The predicted molar refractivity (Wildman–Crippen MR) is 48.9 cm³/mol. The first-order valence-corrected chi connectivity index (χ1v) is 4.35. The highest BCUT2D eigenvalue weighted by molar-refractivity contribution is 5.85. The molecule has 0 spiro atoms. The molecule has 0 aromatic carbocycles. The Labute approximate surface area is 73.5 Å². The fourth-order valence-corrected chi connectivity index (χ4v) is 0.899. The second-order valence-electron chi connectivity index (χ2n) is 2.64. The summed E-state index contributed by atoms with van der Waals surface area (Å²) in [4.78, 5) is 10.5. The Morgan fingerprint density at radius 2 is 2.17 bits per heavy atom. The zero-order valence-electron chi connectivity index (χ0n) is 7.76. The minimum Gasteiger partial charge on any atom is -0.477 e. The van der Waals surface area contributed by atoms with Gasteiger partial charge in [0.2, 0.25) is 0 Å². The van der Waals surface area contributed by atoms with Gasteiger partial charge in [-0.1, -0.05) is 25.8 Å². The summed E-state index contributed by atoms with van der Waals surface area (Å²) in [6, 6.07) is 0. The third-order valence-electron chi connectivity index (χ3n) is 1.61. The maximum absolute atomic E-state index is 10.5. The van der Waals surface area contributed by atoms with Crippen LogP contribution in [0.4, 0.5) is 0 Å². The van der Waals surface area contributed by atoms with Gasteiger partial charge in [-0.05, 0) is 13.3 Å². The highest BCUT2D eigenvalue weighted by Gasteiger charge is 2.02. The maximum Gasteiger partial charge on any atom is 0.351 e. The second-order valence-corrected chi connectivity index (χ2v) is 2.64. The third-order valence-corrected chi connectivity index (χ3v) is 1.61. The van der Waals surface area contributed by atoms with Gasteiger partial charge in [-0.25, -0.2) is 4.79 Å². The number of allylic oxidation sites excluding steroid dienone is 1. The van der Waals surface area contributed by atoms with E-state index in [2.05, 4.69) is 12.2 Å². The van der Waals surface area contributed by atoms with E-state index in [-0.39, 0.29) is 0 Å². The molecule has 70 valence electrons. The first-order chi connectivity index (χ1) is 5.72. The Kier molecular flexibility index (Phi) is 6.15. The fourth-order valence-electron chi connectivity index (χ4n) is 0.899. The molecule has 0 amide bonds. The molecule has 2 N–H and O–H groups in total. The van der Waals surface area contributed by atoms with Crippen LogP contribution in [0.25, 0.3) is 0 Å². The summed E-state index contributed by atoms with van der Waals surface area (Å²) in [7, 11) is 0. The van der Waals surface area contributed by atoms with Crippen molar-refractivity contribution >= 4 is 5.97 Å². The summed E-state index contributed by atoms with van der Waals surface area (Å²) in [5, 5.41) is 11.5. The molecule has 3 heteroatoms. The van der Waals surface area contributed by atoms with Crippen LogP contribution in [-0.4, -0.2) is 17.6 Å². The lowest BCUT2D eigenvalue weighted by Gasteiger charge is -2.04. The van der Waals surface area contributed by atoms with Crippen LogP contribution in [0, 0.1) is 0 Å². The molecule has 0 aromatic rings. The van der Waals surface area contributed by atoms with Gasteiger partial charge in [0.15, 0.2) is 0 Å². The van der Waals surface area contributed by atoms with E-state index in [1.165, 1.54) is 0 Å². The number of carboxylic acids is 1. The van der Waals surface area contributed by atoms with E-state index in [1.54, 1.807) is 13.0 Å². The van der Waals surface area contributed by atoms with Crippen molar-refractivity contribution in [2.45, 2.75) is 33.1 Å². The third kappa shape index (κ3) is 4.77. The number of unbranched alkanes of at least 4 members (excludes halogenated alkanes) is 2. The zero-order valence-corrected chi connectivity index (χ0v) is 7.76. The van der Waals surface area contributed by atoms with E-state index in [4.69, 9.17) is 5.11 Å². The van der Waals surface area contributed by atoms with Gasteiger partial charge < -0.3 is 10.4 Å². The molecular formula is C9H17NO2. The second kappa shape index (κ2) is 6.70. The van der Waals surface area contributed by atoms with Crippen molar-refractivity contribution in [2.24, 2.45) is 0 Å². The minimum absolute atomic E-state index is 0.297. The Hall–Kier alpha value is -0.990. The van der Waals surface area contributed by atoms with E-state index >= 15 is 0 Å². The van der Waals surface area contributed by atoms with Crippen molar-refractivity contribution < 1.29 is 9.90 Å². The lowest BCUT2D eigenvalue weighted by Crippen LogP contribution is -2.20. The molecule has 12 heavy (non-hydrogen) atoms. The topological polar surface area (TPSA) is 49.3 Å². The number of nitrogens with one attached hydrogen (secondary N) is 1. The van der Waals surface area contributed by atoms with E-state index < -0.39 is 5.97 Å². The Balaban J connectivity index is 3.54. The van der Waals surface area contributed by atoms with Gasteiger partial charge in [-0.15, -0.1) is 0 Å². The van der Waals surface area contributed by atoms with Crippen LogP contribution in [0.15, 0.2) is 11.8 Å². The quantitative estimate of drug-likeness (QED) is 0.473. The molecule has 0 fully saturated rings. The van der Waals surface area contributed by atoms with Gasteiger partial charge >= 0.3 is 5.97 Å². The summed E-state index contributed by atoms with van der Waals surface area (Å²) in [5.74, 6) is -0.881. The smallest absolute Gasteiger partial charge is 0.351 e. The van der Waals surface area contributed by atoms with Gasteiger partial charge in [-0.2, -0.15) is 0 Å². The SMILES string of the molecule is C/C=C(\NCCCCC)C(=O)O. The van der Waals surface area contributed by atoms with Crippen molar-refractivity contribution in [3.8, 4) is 0 Å². The number of carbonyl (C=O) groups is 1. The predicted octanol–water partition coefficient (Wildman–Crippen LogP) is 1.75. The Morgan fingerprint density at radius 3 is 2.58 bits per heavy atom. The maximum atomic E-state index is 10.5. The van der Waals surface area contributed by atoms with Crippen molar-refractivity contribution in [1.82, 2.24) is 5.32 Å². The van der Waals surface area contributed by atoms with Crippen LogP contribution >= 0.6 is 0 Å². The van der Waals surface area contributed by atoms with Crippen LogP contribution in [0.1, 0.15) is 33.1 Å². The van der Waals surface area contributed by atoms with Crippen molar-refractivity contribution in [2.75, 3.05) is 6.54 Å². The number of carboxylic acid groups (broad SMARTS) is 1. The normalized spacial score (nSPS) is 11.3. The molecule has 0 saturated heterocycles. The highest BCUT2D eigenvalue weighted by atomic mass is 16.4. The van der Waals surface area contributed by atoms with Gasteiger partial charge in [0, 0.05) is 6.54 Å². The lowest BCUT2D eigenvalue weighted by molar-refractivity contribution is -0.133. The van der Waals surface area contributed by atoms with Crippen LogP contribution in [0.5, 0.6) is 0 Å². The fraction of sp³-hybridized carbons (Fsp3) is 0.667. The molecular weight excluding hydrogens is 154 g/mol. The summed E-state index contributed by atoms with van der Waals surface area (Å²) in [6.07, 6.45) is 4.90. The molecule has 0 aliphatic carbocycles. The van der Waals surface area contributed by atoms with Crippen LogP contribution < -0.4 is 5.32 Å². The van der Waals surface area contributed by atoms with Gasteiger partial charge in [0.25, 0.3) is 0 Å².